The number of anilines is 3. The van der Waals surface area contributed by atoms with Gasteiger partial charge in [-0.1, -0.05) is 0 Å². The lowest BCUT2D eigenvalue weighted by molar-refractivity contribution is 0.0996. The summed E-state index contributed by atoms with van der Waals surface area (Å²) in [4.78, 5) is 15.3. The van der Waals surface area contributed by atoms with Crippen molar-refractivity contribution in [1.82, 2.24) is 4.98 Å². The molecule has 21 heavy (non-hydrogen) atoms. The smallest absolute Gasteiger partial charge is 0.267 e. The molecule has 0 aliphatic heterocycles. The van der Waals surface area contributed by atoms with E-state index >= 15 is 0 Å². The molecule has 1 aromatic heterocycles. The number of pyridine rings is 1. The Labute approximate surface area is 121 Å². The number of hydrogen-bond donors (Lipinski definition) is 3. The van der Waals surface area contributed by atoms with Crippen LogP contribution in [0.15, 0.2) is 30.3 Å². The first-order valence-electron chi connectivity index (χ1n) is 6.10. The summed E-state index contributed by atoms with van der Waals surface area (Å²) in [5.41, 5.74) is 12.2. The van der Waals surface area contributed by atoms with Crippen LogP contribution in [0.25, 0.3) is 0 Å². The van der Waals surface area contributed by atoms with Crippen LogP contribution in [0.2, 0.25) is 0 Å². The van der Waals surface area contributed by atoms with Crippen LogP contribution in [0.5, 0.6) is 11.5 Å². The lowest BCUT2D eigenvalue weighted by atomic mass is 10.2. The molecule has 110 valence electrons. The van der Waals surface area contributed by atoms with E-state index in [0.717, 1.165) is 0 Å². The van der Waals surface area contributed by atoms with Gasteiger partial charge in [0.05, 0.1) is 25.6 Å². The second-order valence-corrected chi connectivity index (χ2v) is 4.19. The maximum atomic E-state index is 11.2. The summed E-state index contributed by atoms with van der Waals surface area (Å²) in [5, 5.41) is 3.01. The predicted octanol–water partition coefficient (Wildman–Crippen LogP) is 1.52. The van der Waals surface area contributed by atoms with Gasteiger partial charge in [-0.2, -0.15) is 0 Å². The fraction of sp³-hybridized carbons (Fsp3) is 0.143. The van der Waals surface area contributed by atoms with Crippen LogP contribution in [0.1, 0.15) is 10.5 Å². The molecule has 2 aromatic rings. The van der Waals surface area contributed by atoms with Gasteiger partial charge in [-0.25, -0.2) is 4.98 Å². The predicted molar refractivity (Wildman–Crippen MR) is 80.0 cm³/mol. The zero-order valence-corrected chi connectivity index (χ0v) is 11.7. The molecule has 1 aromatic carbocycles. The van der Waals surface area contributed by atoms with E-state index in [1.54, 1.807) is 31.4 Å². The largest absolute Gasteiger partial charge is 0.497 e. The molecule has 0 bridgehead atoms. The Morgan fingerprint density at radius 3 is 2.57 bits per heavy atom. The number of ether oxygens (including phenoxy) is 2. The van der Waals surface area contributed by atoms with E-state index in [4.69, 9.17) is 20.9 Å². The van der Waals surface area contributed by atoms with Crippen LogP contribution in [0, 0.1) is 0 Å². The van der Waals surface area contributed by atoms with Crippen molar-refractivity contribution in [2.45, 2.75) is 0 Å². The van der Waals surface area contributed by atoms with E-state index in [1.807, 2.05) is 0 Å². The van der Waals surface area contributed by atoms with E-state index < -0.39 is 5.91 Å². The number of carbonyl (C=O) groups is 1. The monoisotopic (exact) mass is 288 g/mol. The summed E-state index contributed by atoms with van der Waals surface area (Å²) in [7, 11) is 3.11. The molecule has 2 rings (SSSR count). The molecule has 5 N–H and O–H groups in total. The van der Waals surface area contributed by atoms with E-state index in [1.165, 1.54) is 13.2 Å². The number of nitrogens with two attached hydrogens (primary N) is 2. The number of hydrogen-bond acceptors (Lipinski definition) is 6. The Morgan fingerprint density at radius 1 is 1.19 bits per heavy atom. The zero-order chi connectivity index (χ0) is 15.4. The van der Waals surface area contributed by atoms with Crippen LogP contribution < -0.4 is 26.3 Å². The lowest BCUT2D eigenvalue weighted by Gasteiger charge is -2.13. The molecule has 1 amide bonds. The quantitative estimate of drug-likeness (QED) is 0.769. The number of nitrogens with zero attached hydrogens (tertiary/aromatic N) is 1. The highest BCUT2D eigenvalue weighted by Crippen LogP contribution is 2.32. The second kappa shape index (κ2) is 6.00. The first-order chi connectivity index (χ1) is 10.0. The van der Waals surface area contributed by atoms with Gasteiger partial charge in [-0.15, -0.1) is 0 Å². The molecule has 0 unspecified atom stereocenters. The van der Waals surface area contributed by atoms with Crippen molar-refractivity contribution in [3.8, 4) is 11.5 Å². The molecule has 1 heterocycles. The Balaban J connectivity index is 2.37. The standard InChI is InChI=1S/C14H16N4O3/c1-20-8-3-5-10(12(7-8)21-2)17-14-9(15)4-6-11(18-14)13(16)19/h3-7H,15H2,1-2H3,(H2,16,19)(H,17,18). The summed E-state index contributed by atoms with van der Waals surface area (Å²) in [6.45, 7) is 0. The van der Waals surface area contributed by atoms with E-state index in [-0.39, 0.29) is 5.69 Å². The summed E-state index contributed by atoms with van der Waals surface area (Å²) < 4.78 is 10.4. The number of carbonyl (C=O) groups excluding carboxylic acids is 1. The van der Waals surface area contributed by atoms with E-state index in [2.05, 4.69) is 10.3 Å². The van der Waals surface area contributed by atoms with Crippen molar-refractivity contribution in [1.29, 1.82) is 0 Å². The Morgan fingerprint density at radius 2 is 1.95 bits per heavy atom. The van der Waals surface area contributed by atoms with Gasteiger partial charge in [-0.3, -0.25) is 4.79 Å². The number of nitrogen functional groups attached to an aromatic ring is 1. The van der Waals surface area contributed by atoms with Gasteiger partial charge in [0.15, 0.2) is 5.82 Å². The molecule has 0 aliphatic carbocycles. The van der Waals surface area contributed by atoms with Gasteiger partial charge in [0.25, 0.3) is 5.91 Å². The van der Waals surface area contributed by atoms with Crippen LogP contribution in [0.4, 0.5) is 17.2 Å². The molecule has 0 atom stereocenters. The minimum Gasteiger partial charge on any atom is -0.497 e. The summed E-state index contributed by atoms with van der Waals surface area (Å²) in [5.74, 6) is 0.916. The number of rotatable bonds is 5. The molecule has 0 saturated heterocycles. The third-order valence-electron chi connectivity index (χ3n) is 2.84. The second-order valence-electron chi connectivity index (χ2n) is 4.19. The maximum Gasteiger partial charge on any atom is 0.267 e. The van der Waals surface area contributed by atoms with Crippen molar-refractivity contribution < 1.29 is 14.3 Å². The van der Waals surface area contributed by atoms with Gasteiger partial charge < -0.3 is 26.3 Å². The Bertz CT molecular complexity index is 673. The van der Waals surface area contributed by atoms with Crippen molar-refractivity contribution in [3.05, 3.63) is 36.0 Å². The average Bonchev–Trinajstić information content (AvgIpc) is 2.49. The third-order valence-corrected chi connectivity index (χ3v) is 2.84. The third kappa shape index (κ3) is 3.14. The molecule has 0 spiro atoms. The van der Waals surface area contributed by atoms with Crippen LogP contribution in [-0.2, 0) is 0 Å². The summed E-state index contributed by atoms with van der Waals surface area (Å²) in [6, 6.07) is 8.27. The Kier molecular flexibility index (Phi) is 4.13. The first-order valence-corrected chi connectivity index (χ1v) is 6.10. The topological polar surface area (TPSA) is 112 Å². The summed E-state index contributed by atoms with van der Waals surface area (Å²) >= 11 is 0. The van der Waals surface area contributed by atoms with Crippen molar-refractivity contribution in [3.63, 3.8) is 0 Å². The number of benzene rings is 1. The number of primary amides is 1. The highest BCUT2D eigenvalue weighted by molar-refractivity contribution is 5.92. The van der Waals surface area contributed by atoms with Gasteiger partial charge in [0, 0.05) is 6.07 Å². The van der Waals surface area contributed by atoms with Gasteiger partial charge in [0.2, 0.25) is 0 Å². The van der Waals surface area contributed by atoms with Gasteiger partial charge in [0.1, 0.15) is 17.2 Å². The van der Waals surface area contributed by atoms with Crippen molar-refractivity contribution >= 4 is 23.1 Å². The fourth-order valence-corrected chi connectivity index (χ4v) is 1.74. The highest BCUT2D eigenvalue weighted by atomic mass is 16.5. The fourth-order valence-electron chi connectivity index (χ4n) is 1.74. The maximum absolute atomic E-state index is 11.2. The highest BCUT2D eigenvalue weighted by Gasteiger charge is 2.10. The Hall–Kier alpha value is -2.96. The number of aromatic nitrogens is 1. The van der Waals surface area contributed by atoms with Crippen molar-refractivity contribution in [2.75, 3.05) is 25.3 Å². The molecule has 0 saturated carbocycles. The average molecular weight is 288 g/mol. The number of nitrogens with one attached hydrogen (secondary N) is 1. The van der Waals surface area contributed by atoms with E-state index in [0.29, 0.717) is 28.7 Å². The minimum atomic E-state index is -0.625. The molecule has 7 nitrogen and oxygen atoms in total. The molecular formula is C14H16N4O3. The lowest BCUT2D eigenvalue weighted by Crippen LogP contribution is -2.14. The molecular weight excluding hydrogens is 272 g/mol. The minimum absolute atomic E-state index is 0.124. The molecule has 0 fully saturated rings. The van der Waals surface area contributed by atoms with Crippen molar-refractivity contribution in [2.24, 2.45) is 5.73 Å². The van der Waals surface area contributed by atoms with Crippen LogP contribution in [-0.4, -0.2) is 25.1 Å². The van der Waals surface area contributed by atoms with Crippen LogP contribution >= 0.6 is 0 Å². The van der Waals surface area contributed by atoms with Gasteiger partial charge in [-0.05, 0) is 24.3 Å². The molecule has 0 radical (unpaired) electrons. The zero-order valence-electron chi connectivity index (χ0n) is 11.7. The van der Waals surface area contributed by atoms with Crippen LogP contribution in [0.3, 0.4) is 0 Å². The van der Waals surface area contributed by atoms with Gasteiger partial charge >= 0.3 is 0 Å². The SMILES string of the molecule is COc1ccc(Nc2nc(C(N)=O)ccc2N)c(OC)c1. The molecule has 7 heteroatoms. The van der Waals surface area contributed by atoms with E-state index in [9.17, 15) is 4.79 Å². The number of methoxy groups -OCH3 is 2. The normalized spacial score (nSPS) is 10.0. The first kappa shape index (κ1) is 14.4. The number of amides is 1. The summed E-state index contributed by atoms with van der Waals surface area (Å²) in [6.07, 6.45) is 0. The molecule has 0 aliphatic rings.